The van der Waals surface area contributed by atoms with E-state index >= 15 is 0 Å². The molecular weight excluding hydrogens is 417 g/mol. The summed E-state index contributed by atoms with van der Waals surface area (Å²) in [7, 11) is 1.60. The summed E-state index contributed by atoms with van der Waals surface area (Å²) in [6.45, 7) is 0.936. The molecule has 0 saturated carbocycles. The van der Waals surface area contributed by atoms with Crippen molar-refractivity contribution in [2.45, 2.75) is 18.1 Å². The third-order valence-electron chi connectivity index (χ3n) is 4.09. The van der Waals surface area contributed by atoms with Gasteiger partial charge in [0.05, 0.1) is 27.4 Å². The van der Waals surface area contributed by atoms with E-state index in [2.05, 4.69) is 10.3 Å². The van der Waals surface area contributed by atoms with E-state index in [1.54, 1.807) is 29.9 Å². The van der Waals surface area contributed by atoms with Crippen LogP contribution in [-0.4, -0.2) is 34.9 Å². The molecule has 9 heteroatoms. The van der Waals surface area contributed by atoms with E-state index in [0.717, 1.165) is 17.8 Å². The van der Waals surface area contributed by atoms with Gasteiger partial charge in [-0.05, 0) is 36.8 Å². The van der Waals surface area contributed by atoms with Gasteiger partial charge in [0.25, 0.3) is 5.56 Å². The Labute approximate surface area is 176 Å². The van der Waals surface area contributed by atoms with E-state index in [0.29, 0.717) is 41.3 Å². The normalized spacial score (nSPS) is 11.0. The summed E-state index contributed by atoms with van der Waals surface area (Å²) in [5.41, 5.74) is 0.740. The van der Waals surface area contributed by atoms with Gasteiger partial charge in [-0.25, -0.2) is 9.37 Å². The number of ether oxygens (including phenoxy) is 1. The molecule has 29 heavy (non-hydrogen) atoms. The first kappa shape index (κ1) is 21.3. The number of fused-ring (bicyclic) bond motifs is 1. The largest absolute Gasteiger partial charge is 0.385 e. The van der Waals surface area contributed by atoms with Crippen molar-refractivity contribution in [1.82, 2.24) is 9.55 Å². The topological polar surface area (TPSA) is 73.2 Å². The second-order valence-electron chi connectivity index (χ2n) is 6.18. The number of hydrogen-bond acceptors (Lipinski definition) is 5. The van der Waals surface area contributed by atoms with Gasteiger partial charge >= 0.3 is 0 Å². The van der Waals surface area contributed by atoms with Gasteiger partial charge in [-0.1, -0.05) is 35.5 Å². The molecule has 0 unspecified atom stereocenters. The molecular formula is C20H19ClFN3O3S. The third-order valence-corrected chi connectivity index (χ3v) is 5.38. The number of anilines is 1. The lowest BCUT2D eigenvalue weighted by Crippen LogP contribution is -2.25. The van der Waals surface area contributed by atoms with Crippen molar-refractivity contribution in [1.29, 1.82) is 0 Å². The van der Waals surface area contributed by atoms with Crippen molar-refractivity contribution in [3.63, 3.8) is 0 Å². The number of methoxy groups -OCH3 is 1. The van der Waals surface area contributed by atoms with Crippen LogP contribution in [0.5, 0.6) is 0 Å². The van der Waals surface area contributed by atoms with Crippen LogP contribution >= 0.6 is 23.4 Å². The zero-order chi connectivity index (χ0) is 20.8. The minimum atomic E-state index is -0.484. The number of aromatic nitrogens is 2. The Morgan fingerprint density at radius 2 is 2.10 bits per heavy atom. The Kier molecular flexibility index (Phi) is 7.24. The maximum atomic E-state index is 13.1. The van der Waals surface area contributed by atoms with Crippen LogP contribution in [0.3, 0.4) is 0 Å². The molecule has 1 heterocycles. The molecule has 0 radical (unpaired) electrons. The maximum absolute atomic E-state index is 13.1. The number of carbonyl (C=O) groups is 1. The average Bonchev–Trinajstić information content (AvgIpc) is 2.70. The molecule has 3 aromatic rings. The zero-order valence-corrected chi connectivity index (χ0v) is 17.2. The average molecular weight is 436 g/mol. The number of nitrogens with one attached hydrogen (secondary N) is 1. The predicted molar refractivity (Wildman–Crippen MR) is 113 cm³/mol. The van der Waals surface area contributed by atoms with Crippen LogP contribution in [0, 0.1) is 5.82 Å². The molecule has 0 bridgehead atoms. The summed E-state index contributed by atoms with van der Waals surface area (Å²) in [6.07, 6.45) is 0.640. The quantitative estimate of drug-likeness (QED) is 0.329. The number of para-hydroxylation sites is 1. The van der Waals surface area contributed by atoms with Crippen molar-refractivity contribution >= 4 is 45.9 Å². The minimum absolute atomic E-state index is 0.0166. The van der Waals surface area contributed by atoms with Gasteiger partial charge in [0.1, 0.15) is 5.82 Å². The molecule has 6 nitrogen and oxygen atoms in total. The minimum Gasteiger partial charge on any atom is -0.385 e. The fourth-order valence-corrected chi connectivity index (χ4v) is 3.77. The second kappa shape index (κ2) is 9.87. The standard InChI is InChI=1S/C20H19ClFN3O3S/c1-28-10-4-9-25-19(27)14-5-2-3-6-16(14)24-20(25)29-12-18(26)23-17-8-7-13(22)11-15(17)21/h2-3,5-8,11H,4,9-10,12H2,1H3,(H,23,26). The maximum Gasteiger partial charge on any atom is 0.262 e. The van der Waals surface area contributed by atoms with Crippen LogP contribution in [0.15, 0.2) is 52.4 Å². The van der Waals surface area contributed by atoms with Gasteiger partial charge in [-0.15, -0.1) is 0 Å². The fraction of sp³-hybridized carbons (Fsp3) is 0.250. The molecule has 1 N–H and O–H groups in total. The van der Waals surface area contributed by atoms with Gasteiger partial charge < -0.3 is 10.1 Å². The number of hydrogen-bond donors (Lipinski definition) is 1. The Hall–Kier alpha value is -2.42. The molecule has 2 aromatic carbocycles. The number of rotatable bonds is 8. The van der Waals surface area contributed by atoms with Crippen LogP contribution in [-0.2, 0) is 16.1 Å². The number of nitrogens with zero attached hydrogens (tertiary/aromatic N) is 2. The molecule has 1 amide bonds. The first-order valence-corrected chi connectivity index (χ1v) is 10.2. The summed E-state index contributed by atoms with van der Waals surface area (Å²) in [6, 6.07) is 10.8. The van der Waals surface area contributed by atoms with Gasteiger partial charge in [-0.3, -0.25) is 14.2 Å². The van der Waals surface area contributed by atoms with Gasteiger partial charge in [0.15, 0.2) is 5.16 Å². The summed E-state index contributed by atoms with van der Waals surface area (Å²) in [4.78, 5) is 29.7. The molecule has 0 aliphatic carbocycles. The van der Waals surface area contributed by atoms with Crippen molar-refractivity contribution in [3.05, 3.63) is 63.7 Å². The molecule has 1 aromatic heterocycles. The molecule has 0 aliphatic heterocycles. The van der Waals surface area contributed by atoms with E-state index in [1.807, 2.05) is 6.07 Å². The van der Waals surface area contributed by atoms with E-state index in [4.69, 9.17) is 16.3 Å². The van der Waals surface area contributed by atoms with Crippen molar-refractivity contribution < 1.29 is 13.9 Å². The summed E-state index contributed by atoms with van der Waals surface area (Å²) < 4.78 is 19.8. The van der Waals surface area contributed by atoms with Crippen LogP contribution in [0.1, 0.15) is 6.42 Å². The summed E-state index contributed by atoms with van der Waals surface area (Å²) in [5.74, 6) is -0.805. The highest BCUT2D eigenvalue weighted by atomic mass is 35.5. The Morgan fingerprint density at radius 1 is 1.31 bits per heavy atom. The smallest absolute Gasteiger partial charge is 0.262 e. The van der Waals surface area contributed by atoms with E-state index in [9.17, 15) is 14.0 Å². The predicted octanol–water partition coefficient (Wildman–Crippen LogP) is 3.96. The monoisotopic (exact) mass is 435 g/mol. The molecule has 0 spiro atoms. The van der Waals surface area contributed by atoms with Crippen LogP contribution in [0.25, 0.3) is 10.9 Å². The first-order valence-electron chi connectivity index (χ1n) is 8.86. The lowest BCUT2D eigenvalue weighted by Gasteiger charge is -2.13. The van der Waals surface area contributed by atoms with Crippen molar-refractivity contribution in [2.24, 2.45) is 0 Å². The number of halogens is 2. The van der Waals surface area contributed by atoms with Gasteiger partial charge in [-0.2, -0.15) is 0 Å². The highest BCUT2D eigenvalue weighted by molar-refractivity contribution is 7.99. The van der Waals surface area contributed by atoms with Crippen molar-refractivity contribution in [2.75, 3.05) is 24.8 Å². The fourth-order valence-electron chi connectivity index (χ4n) is 2.73. The lowest BCUT2D eigenvalue weighted by molar-refractivity contribution is -0.113. The van der Waals surface area contributed by atoms with Crippen LogP contribution < -0.4 is 10.9 Å². The van der Waals surface area contributed by atoms with E-state index < -0.39 is 5.82 Å². The zero-order valence-electron chi connectivity index (χ0n) is 15.7. The van der Waals surface area contributed by atoms with Crippen molar-refractivity contribution in [3.8, 4) is 0 Å². The summed E-state index contributed by atoms with van der Waals surface area (Å²) in [5, 5.41) is 3.73. The van der Waals surface area contributed by atoms with Gasteiger partial charge in [0.2, 0.25) is 5.91 Å². The molecule has 0 fully saturated rings. The Bertz CT molecular complexity index is 1090. The third kappa shape index (κ3) is 5.35. The van der Waals surface area contributed by atoms with Crippen LogP contribution in [0.2, 0.25) is 5.02 Å². The number of amides is 1. The second-order valence-corrected chi connectivity index (χ2v) is 7.53. The van der Waals surface area contributed by atoms with Gasteiger partial charge in [0, 0.05) is 20.3 Å². The van der Waals surface area contributed by atoms with Crippen LogP contribution in [0.4, 0.5) is 10.1 Å². The Balaban J connectivity index is 1.79. The number of benzene rings is 2. The van der Waals surface area contributed by atoms with E-state index in [-0.39, 0.29) is 22.2 Å². The SMILES string of the molecule is COCCCn1c(SCC(=O)Nc2ccc(F)cc2Cl)nc2ccccc2c1=O. The first-order chi connectivity index (χ1) is 14.0. The van der Waals surface area contributed by atoms with E-state index in [1.165, 1.54) is 12.1 Å². The molecule has 3 rings (SSSR count). The highest BCUT2D eigenvalue weighted by Gasteiger charge is 2.14. The molecule has 0 atom stereocenters. The molecule has 0 saturated heterocycles. The number of carbonyl (C=O) groups excluding carboxylic acids is 1. The lowest BCUT2D eigenvalue weighted by atomic mass is 10.2. The molecule has 0 aliphatic rings. The number of thioether (sulfide) groups is 1. The highest BCUT2D eigenvalue weighted by Crippen LogP contribution is 2.23. The molecule has 152 valence electrons. The summed E-state index contributed by atoms with van der Waals surface area (Å²) >= 11 is 7.09. The Morgan fingerprint density at radius 3 is 2.86 bits per heavy atom.